The summed E-state index contributed by atoms with van der Waals surface area (Å²) in [6.45, 7) is 10.9. The van der Waals surface area contributed by atoms with Gasteiger partial charge in [-0.15, -0.1) is 6.58 Å². The Morgan fingerprint density at radius 3 is 2.94 bits per heavy atom. The van der Waals surface area contributed by atoms with Gasteiger partial charge in [-0.25, -0.2) is 4.98 Å². The molecule has 1 amide bonds. The van der Waals surface area contributed by atoms with Crippen LogP contribution in [0.15, 0.2) is 30.9 Å². The predicted molar refractivity (Wildman–Crippen MR) is 127 cm³/mol. The minimum absolute atomic E-state index is 0.0583. The summed E-state index contributed by atoms with van der Waals surface area (Å²) in [5.74, 6) is 1.55. The smallest absolute Gasteiger partial charge is 0.226 e. The lowest BCUT2D eigenvalue weighted by molar-refractivity contribution is -0.116. The molecule has 0 saturated heterocycles. The molecule has 0 aliphatic heterocycles. The number of unbranched alkanes of at least 4 members (excludes halogenated alkanes) is 1. The Balaban J connectivity index is 1.50. The van der Waals surface area contributed by atoms with Gasteiger partial charge in [0.05, 0.1) is 17.2 Å². The van der Waals surface area contributed by atoms with Crippen LogP contribution >= 0.6 is 23.6 Å². The number of nitrogens with zero attached hydrogens (tertiary/aromatic N) is 3. The number of ether oxygens (including phenoxy) is 1. The van der Waals surface area contributed by atoms with Crippen molar-refractivity contribution < 1.29 is 9.53 Å². The Hall–Kier alpha value is -2.78. The van der Waals surface area contributed by atoms with Crippen molar-refractivity contribution in [2.24, 2.45) is 0 Å². The summed E-state index contributed by atoms with van der Waals surface area (Å²) < 4.78 is 8.23. The Morgan fingerprint density at radius 1 is 1.35 bits per heavy atom. The highest BCUT2D eigenvalue weighted by Gasteiger charge is 2.17. The zero-order valence-electron chi connectivity index (χ0n) is 18.0. The maximum absolute atomic E-state index is 12.3. The minimum Gasteiger partial charge on any atom is -0.493 e. The summed E-state index contributed by atoms with van der Waals surface area (Å²) in [5, 5.41) is 10.6. The summed E-state index contributed by atoms with van der Waals surface area (Å²) >= 11 is 6.66. The van der Waals surface area contributed by atoms with Gasteiger partial charge in [0, 0.05) is 13.0 Å². The molecule has 1 aromatic carbocycles. The molecule has 0 aliphatic carbocycles. The number of nitrogens with one attached hydrogen (secondary N) is 2. The highest BCUT2D eigenvalue weighted by Crippen LogP contribution is 2.31. The van der Waals surface area contributed by atoms with E-state index in [9.17, 15) is 4.79 Å². The standard InChI is InChI=1S/C22H27N5O2S2/c1-5-11-27-20(25-26-22(27)30)19-16(4)23-21(31-19)24-18(28)8-6-7-12-29-17-13-14(2)9-10-15(17)3/h5,9-10,13H,1,6-8,11-12H2,2-4H3,(H,26,30)(H,23,24,28). The van der Waals surface area contributed by atoms with Gasteiger partial charge in [0.1, 0.15) is 5.75 Å². The fraction of sp³-hybridized carbons (Fsp3) is 0.364. The van der Waals surface area contributed by atoms with Crippen LogP contribution in [-0.4, -0.2) is 32.3 Å². The van der Waals surface area contributed by atoms with Crippen molar-refractivity contribution in [3.8, 4) is 16.5 Å². The van der Waals surface area contributed by atoms with Gasteiger partial charge >= 0.3 is 0 Å². The number of rotatable bonds is 10. The summed E-state index contributed by atoms with van der Waals surface area (Å²) in [6.07, 6.45) is 3.72. The molecule has 31 heavy (non-hydrogen) atoms. The fourth-order valence-electron chi connectivity index (χ4n) is 3.06. The third kappa shape index (κ3) is 5.89. The normalized spacial score (nSPS) is 10.8. The van der Waals surface area contributed by atoms with Gasteiger partial charge in [0.15, 0.2) is 15.7 Å². The number of H-pyrrole nitrogens is 1. The Morgan fingerprint density at radius 2 is 2.16 bits per heavy atom. The number of allylic oxidation sites excluding steroid dienone is 1. The molecular weight excluding hydrogens is 430 g/mol. The lowest BCUT2D eigenvalue weighted by atomic mass is 10.1. The highest BCUT2D eigenvalue weighted by atomic mass is 32.1. The molecule has 0 atom stereocenters. The lowest BCUT2D eigenvalue weighted by Crippen LogP contribution is -2.11. The Kier molecular flexibility index (Phi) is 7.75. The summed E-state index contributed by atoms with van der Waals surface area (Å²) in [4.78, 5) is 17.7. The molecular formula is C22H27N5O2S2. The van der Waals surface area contributed by atoms with Crippen LogP contribution in [0.5, 0.6) is 5.75 Å². The molecule has 0 saturated carbocycles. The second-order valence-corrected chi connectivity index (χ2v) is 8.69. The van der Waals surface area contributed by atoms with E-state index in [2.05, 4.69) is 39.2 Å². The first kappa shape index (κ1) is 22.9. The number of anilines is 1. The lowest BCUT2D eigenvalue weighted by Gasteiger charge is -2.09. The van der Waals surface area contributed by atoms with Crippen LogP contribution in [0.2, 0.25) is 0 Å². The number of thiazole rings is 1. The van der Waals surface area contributed by atoms with Gasteiger partial charge in [0.2, 0.25) is 5.91 Å². The molecule has 0 unspecified atom stereocenters. The van der Waals surface area contributed by atoms with E-state index in [1.54, 1.807) is 6.08 Å². The van der Waals surface area contributed by atoms with Gasteiger partial charge in [-0.05, 0) is 63.0 Å². The second-order valence-electron chi connectivity index (χ2n) is 7.31. The summed E-state index contributed by atoms with van der Waals surface area (Å²) in [5.41, 5.74) is 3.08. The number of benzene rings is 1. The maximum atomic E-state index is 12.3. The number of amides is 1. The van der Waals surface area contributed by atoms with Crippen molar-refractivity contribution in [1.29, 1.82) is 0 Å². The third-order valence-corrected chi connectivity index (χ3v) is 6.10. The molecule has 3 rings (SSSR count). The van der Waals surface area contributed by atoms with Crippen molar-refractivity contribution in [1.82, 2.24) is 19.7 Å². The van der Waals surface area contributed by atoms with Crippen LogP contribution in [0.3, 0.4) is 0 Å². The molecule has 0 bridgehead atoms. The largest absolute Gasteiger partial charge is 0.493 e. The molecule has 164 valence electrons. The van der Waals surface area contributed by atoms with Gasteiger partial charge in [0.25, 0.3) is 0 Å². The van der Waals surface area contributed by atoms with Gasteiger partial charge in [-0.3, -0.25) is 14.5 Å². The van der Waals surface area contributed by atoms with Crippen LogP contribution in [-0.2, 0) is 11.3 Å². The fourth-order valence-corrected chi connectivity index (χ4v) is 4.25. The van der Waals surface area contributed by atoms with E-state index < -0.39 is 0 Å². The van der Waals surface area contributed by atoms with E-state index in [0.717, 1.165) is 34.7 Å². The number of aromatic amines is 1. The molecule has 3 aromatic rings. The number of hydrogen-bond donors (Lipinski definition) is 2. The molecule has 0 radical (unpaired) electrons. The maximum Gasteiger partial charge on any atom is 0.226 e. The number of carbonyl (C=O) groups excluding carboxylic acids is 1. The second kappa shape index (κ2) is 10.5. The van der Waals surface area contributed by atoms with E-state index in [1.807, 2.05) is 31.4 Å². The van der Waals surface area contributed by atoms with E-state index >= 15 is 0 Å². The van der Waals surface area contributed by atoms with Crippen LogP contribution in [0.4, 0.5) is 5.13 Å². The monoisotopic (exact) mass is 457 g/mol. The summed E-state index contributed by atoms with van der Waals surface area (Å²) in [7, 11) is 0. The van der Waals surface area contributed by atoms with Crippen LogP contribution in [0, 0.1) is 25.5 Å². The molecule has 0 aliphatic rings. The third-order valence-electron chi connectivity index (χ3n) is 4.72. The zero-order chi connectivity index (χ0) is 22.4. The van der Waals surface area contributed by atoms with Crippen LogP contribution in [0.25, 0.3) is 10.7 Å². The predicted octanol–water partition coefficient (Wildman–Crippen LogP) is 5.36. The van der Waals surface area contributed by atoms with Crippen molar-refractivity contribution in [3.63, 3.8) is 0 Å². The summed E-state index contributed by atoms with van der Waals surface area (Å²) in [6, 6.07) is 6.16. The number of carbonyl (C=O) groups is 1. The van der Waals surface area contributed by atoms with E-state index in [1.165, 1.54) is 16.9 Å². The first-order chi connectivity index (χ1) is 14.9. The average Bonchev–Trinajstić information content (AvgIpc) is 3.26. The highest BCUT2D eigenvalue weighted by molar-refractivity contribution is 7.71. The quantitative estimate of drug-likeness (QED) is 0.243. The first-order valence-corrected chi connectivity index (χ1v) is 11.3. The van der Waals surface area contributed by atoms with Gasteiger partial charge < -0.3 is 10.1 Å². The van der Waals surface area contributed by atoms with Crippen LogP contribution < -0.4 is 10.1 Å². The molecule has 2 heterocycles. The SMILES string of the molecule is C=CCn1c(-c2sc(NC(=O)CCCCOc3cc(C)ccc3C)nc2C)n[nH]c1=S. The van der Waals surface area contributed by atoms with Gasteiger partial charge in [-0.2, -0.15) is 5.10 Å². The zero-order valence-corrected chi connectivity index (χ0v) is 19.7. The Bertz CT molecular complexity index is 1130. The van der Waals surface area contributed by atoms with E-state index in [4.69, 9.17) is 17.0 Å². The van der Waals surface area contributed by atoms with Crippen molar-refractivity contribution in [2.75, 3.05) is 11.9 Å². The number of aryl methyl sites for hydroxylation is 3. The molecule has 0 spiro atoms. The van der Waals surface area contributed by atoms with Crippen molar-refractivity contribution in [2.45, 2.75) is 46.6 Å². The molecule has 2 N–H and O–H groups in total. The van der Waals surface area contributed by atoms with Crippen molar-refractivity contribution in [3.05, 3.63) is 52.4 Å². The Labute approximate surface area is 191 Å². The molecule has 0 fully saturated rings. The first-order valence-electron chi connectivity index (χ1n) is 10.1. The van der Waals surface area contributed by atoms with E-state index in [-0.39, 0.29) is 5.91 Å². The molecule has 7 nitrogen and oxygen atoms in total. The average molecular weight is 458 g/mol. The topological polar surface area (TPSA) is 84.8 Å². The van der Waals surface area contributed by atoms with Gasteiger partial charge in [-0.1, -0.05) is 29.5 Å². The number of aromatic nitrogens is 4. The van der Waals surface area contributed by atoms with Crippen LogP contribution in [0.1, 0.15) is 36.1 Å². The van der Waals surface area contributed by atoms with Crippen molar-refractivity contribution >= 4 is 34.6 Å². The molecule has 9 heteroatoms. The minimum atomic E-state index is -0.0583. The van der Waals surface area contributed by atoms with E-state index in [0.29, 0.717) is 35.3 Å². The number of hydrogen-bond acceptors (Lipinski definition) is 6. The molecule has 2 aromatic heterocycles.